The van der Waals surface area contributed by atoms with Crippen LogP contribution in [0.4, 0.5) is 0 Å². The zero-order valence-corrected chi connectivity index (χ0v) is 9.91. The molecule has 15 heavy (non-hydrogen) atoms. The highest BCUT2D eigenvalue weighted by Crippen LogP contribution is 2.49. The lowest BCUT2D eigenvalue weighted by Crippen LogP contribution is -2.13. The van der Waals surface area contributed by atoms with Gasteiger partial charge in [-0.2, -0.15) is 11.8 Å². The maximum absolute atomic E-state index is 9.93. The molecule has 0 amide bonds. The van der Waals surface area contributed by atoms with Crippen LogP contribution >= 0.6 is 11.8 Å². The molecule has 0 saturated heterocycles. The average molecular weight is 222 g/mol. The van der Waals surface area contributed by atoms with Crippen molar-refractivity contribution in [3.05, 3.63) is 35.9 Å². The molecule has 1 saturated carbocycles. The molecule has 0 bridgehead atoms. The van der Waals surface area contributed by atoms with E-state index in [0.29, 0.717) is 11.8 Å². The first-order valence-corrected chi connectivity index (χ1v) is 6.79. The predicted octanol–water partition coefficient (Wildman–Crippen LogP) is 2.90. The van der Waals surface area contributed by atoms with Crippen LogP contribution in [0.1, 0.15) is 24.8 Å². The Kier molecular flexibility index (Phi) is 3.71. The minimum absolute atomic E-state index is 0.111. The molecular weight excluding hydrogens is 204 g/mol. The van der Waals surface area contributed by atoms with Gasteiger partial charge in [-0.05, 0) is 29.6 Å². The van der Waals surface area contributed by atoms with Gasteiger partial charge in [0.1, 0.15) is 0 Å². The van der Waals surface area contributed by atoms with Crippen molar-refractivity contribution in [1.29, 1.82) is 0 Å². The molecule has 82 valence electrons. The highest BCUT2D eigenvalue weighted by atomic mass is 32.2. The normalized spacial score (nSPS) is 26.3. The third-order valence-electron chi connectivity index (χ3n) is 3.05. The second-order valence-electron chi connectivity index (χ2n) is 4.14. The van der Waals surface area contributed by atoms with Gasteiger partial charge < -0.3 is 5.11 Å². The highest BCUT2D eigenvalue weighted by Gasteiger charge is 2.42. The number of aliphatic hydroxyl groups excluding tert-OH is 1. The standard InChI is InChI=1S/C13H18OS/c1-2-15-9-13(14)12-8-11(12)10-6-4-3-5-7-10/h3-7,11-14H,2,8-9H2,1H3. The number of hydrogen-bond acceptors (Lipinski definition) is 2. The second kappa shape index (κ2) is 5.04. The summed E-state index contributed by atoms with van der Waals surface area (Å²) in [6, 6.07) is 10.6. The summed E-state index contributed by atoms with van der Waals surface area (Å²) in [6.07, 6.45) is 1.05. The van der Waals surface area contributed by atoms with Crippen molar-refractivity contribution in [2.75, 3.05) is 11.5 Å². The van der Waals surface area contributed by atoms with Gasteiger partial charge in [0, 0.05) is 5.75 Å². The van der Waals surface area contributed by atoms with E-state index in [1.54, 1.807) is 0 Å². The summed E-state index contributed by atoms with van der Waals surface area (Å²) in [6.45, 7) is 2.14. The van der Waals surface area contributed by atoms with E-state index in [2.05, 4.69) is 31.2 Å². The van der Waals surface area contributed by atoms with Crippen molar-refractivity contribution < 1.29 is 5.11 Å². The summed E-state index contributed by atoms with van der Waals surface area (Å²) in [5, 5.41) is 9.93. The van der Waals surface area contributed by atoms with Gasteiger partial charge in [0.2, 0.25) is 0 Å². The minimum Gasteiger partial charge on any atom is -0.392 e. The molecule has 1 aliphatic carbocycles. The Morgan fingerprint density at radius 3 is 2.80 bits per heavy atom. The Hall–Kier alpha value is -0.470. The molecular formula is C13H18OS. The lowest BCUT2D eigenvalue weighted by Gasteiger charge is -2.08. The maximum Gasteiger partial charge on any atom is 0.0664 e. The molecule has 1 N–H and O–H groups in total. The van der Waals surface area contributed by atoms with E-state index in [1.165, 1.54) is 5.56 Å². The van der Waals surface area contributed by atoms with Crippen molar-refractivity contribution in [1.82, 2.24) is 0 Å². The fourth-order valence-electron chi connectivity index (χ4n) is 2.09. The van der Waals surface area contributed by atoms with Gasteiger partial charge >= 0.3 is 0 Å². The molecule has 2 heteroatoms. The van der Waals surface area contributed by atoms with Crippen LogP contribution in [0.15, 0.2) is 30.3 Å². The van der Waals surface area contributed by atoms with Gasteiger partial charge in [0.15, 0.2) is 0 Å². The lowest BCUT2D eigenvalue weighted by atomic mass is 10.1. The monoisotopic (exact) mass is 222 g/mol. The van der Waals surface area contributed by atoms with Crippen LogP contribution in [-0.2, 0) is 0 Å². The van der Waals surface area contributed by atoms with E-state index in [4.69, 9.17) is 0 Å². The van der Waals surface area contributed by atoms with Crippen molar-refractivity contribution in [2.24, 2.45) is 5.92 Å². The minimum atomic E-state index is -0.111. The molecule has 2 rings (SSSR count). The Bertz CT molecular complexity index is 299. The topological polar surface area (TPSA) is 20.2 Å². The third kappa shape index (κ3) is 2.76. The van der Waals surface area contributed by atoms with Crippen LogP contribution in [0.5, 0.6) is 0 Å². The Labute approximate surface area is 95.9 Å². The molecule has 0 spiro atoms. The third-order valence-corrected chi connectivity index (χ3v) is 4.04. The number of thioether (sulfide) groups is 1. The summed E-state index contributed by atoms with van der Waals surface area (Å²) < 4.78 is 0. The van der Waals surface area contributed by atoms with Crippen molar-refractivity contribution in [3.63, 3.8) is 0 Å². The zero-order chi connectivity index (χ0) is 10.7. The average Bonchev–Trinajstić information content (AvgIpc) is 3.07. The summed E-state index contributed by atoms with van der Waals surface area (Å²) in [7, 11) is 0. The molecule has 0 aromatic heterocycles. The van der Waals surface area contributed by atoms with Crippen LogP contribution in [-0.4, -0.2) is 22.7 Å². The molecule has 0 heterocycles. The van der Waals surface area contributed by atoms with Crippen LogP contribution in [0, 0.1) is 5.92 Å². The number of benzene rings is 1. The van der Waals surface area contributed by atoms with E-state index in [1.807, 2.05) is 17.8 Å². The van der Waals surface area contributed by atoms with Gasteiger partial charge in [0.25, 0.3) is 0 Å². The fraction of sp³-hybridized carbons (Fsp3) is 0.538. The quantitative estimate of drug-likeness (QED) is 0.826. The molecule has 1 nitrogen and oxygen atoms in total. The van der Waals surface area contributed by atoms with Gasteiger partial charge in [-0.1, -0.05) is 37.3 Å². The van der Waals surface area contributed by atoms with Gasteiger partial charge in [-0.3, -0.25) is 0 Å². The Morgan fingerprint density at radius 1 is 1.40 bits per heavy atom. The first-order chi connectivity index (χ1) is 7.33. The molecule has 1 aromatic rings. The largest absolute Gasteiger partial charge is 0.392 e. The van der Waals surface area contributed by atoms with Gasteiger partial charge in [-0.25, -0.2) is 0 Å². The van der Waals surface area contributed by atoms with E-state index < -0.39 is 0 Å². The molecule has 1 aromatic carbocycles. The summed E-state index contributed by atoms with van der Waals surface area (Å²) in [5.74, 6) is 3.11. The number of hydrogen-bond donors (Lipinski definition) is 1. The van der Waals surface area contributed by atoms with E-state index in [0.717, 1.165) is 17.9 Å². The molecule has 0 aliphatic heterocycles. The number of aliphatic hydroxyl groups is 1. The molecule has 1 aliphatic rings. The van der Waals surface area contributed by atoms with Gasteiger partial charge in [0.05, 0.1) is 6.10 Å². The predicted molar refractivity (Wildman–Crippen MR) is 66.3 cm³/mol. The first-order valence-electron chi connectivity index (χ1n) is 5.63. The summed E-state index contributed by atoms with van der Waals surface area (Å²) in [5.41, 5.74) is 1.39. The first kappa shape index (κ1) is 11.0. The van der Waals surface area contributed by atoms with Crippen LogP contribution in [0.2, 0.25) is 0 Å². The van der Waals surface area contributed by atoms with E-state index in [-0.39, 0.29) is 6.10 Å². The zero-order valence-electron chi connectivity index (χ0n) is 9.10. The van der Waals surface area contributed by atoms with Crippen LogP contribution < -0.4 is 0 Å². The molecule has 3 unspecified atom stereocenters. The Morgan fingerprint density at radius 2 is 2.13 bits per heavy atom. The number of rotatable bonds is 5. The van der Waals surface area contributed by atoms with E-state index >= 15 is 0 Å². The van der Waals surface area contributed by atoms with Crippen molar-refractivity contribution in [2.45, 2.75) is 25.4 Å². The van der Waals surface area contributed by atoms with Crippen molar-refractivity contribution in [3.8, 4) is 0 Å². The van der Waals surface area contributed by atoms with Crippen molar-refractivity contribution >= 4 is 11.8 Å². The molecule has 1 fully saturated rings. The fourth-order valence-corrected chi connectivity index (χ4v) is 2.81. The maximum atomic E-state index is 9.93. The van der Waals surface area contributed by atoms with Crippen LogP contribution in [0.25, 0.3) is 0 Å². The lowest BCUT2D eigenvalue weighted by molar-refractivity contribution is 0.173. The summed E-state index contributed by atoms with van der Waals surface area (Å²) >= 11 is 1.83. The summed E-state index contributed by atoms with van der Waals surface area (Å²) in [4.78, 5) is 0. The Balaban J connectivity index is 1.85. The SMILES string of the molecule is CCSCC(O)C1CC1c1ccccc1. The molecule has 3 atom stereocenters. The van der Waals surface area contributed by atoms with E-state index in [9.17, 15) is 5.11 Å². The smallest absolute Gasteiger partial charge is 0.0664 e. The van der Waals surface area contributed by atoms with Crippen LogP contribution in [0.3, 0.4) is 0 Å². The second-order valence-corrected chi connectivity index (χ2v) is 5.46. The highest BCUT2D eigenvalue weighted by molar-refractivity contribution is 7.99. The molecule has 0 radical (unpaired) electrons. The van der Waals surface area contributed by atoms with Gasteiger partial charge in [-0.15, -0.1) is 0 Å².